The summed E-state index contributed by atoms with van der Waals surface area (Å²) in [5.74, 6) is -0.233. The summed E-state index contributed by atoms with van der Waals surface area (Å²) in [5.41, 5.74) is 7.14. The lowest BCUT2D eigenvalue weighted by Gasteiger charge is -2.01. The Hall–Kier alpha value is -2.05. The summed E-state index contributed by atoms with van der Waals surface area (Å²) in [6.07, 6.45) is 1.46. The Balaban J connectivity index is 1.85. The topological polar surface area (TPSA) is 81.2 Å². The number of amides is 1. The molecule has 0 spiro atoms. The minimum Gasteiger partial charge on any atom is -0.397 e. The molecule has 0 fully saturated rings. The van der Waals surface area contributed by atoms with Crippen molar-refractivity contribution in [2.45, 2.75) is 6.54 Å². The first-order valence-electron chi connectivity index (χ1n) is 5.80. The second-order valence-corrected chi connectivity index (χ2v) is 5.65. The molecule has 7 heteroatoms. The third-order valence-electron chi connectivity index (χ3n) is 2.82. The number of nitrogens with zero attached hydrogens (tertiary/aromatic N) is 1. The van der Waals surface area contributed by atoms with E-state index in [-0.39, 0.29) is 5.91 Å². The normalized spacial score (nSPS) is 10.8. The second kappa shape index (κ2) is 5.15. The molecule has 0 aliphatic carbocycles. The first-order valence-corrected chi connectivity index (χ1v) is 6.99. The number of nitrogens with one attached hydrogen (secondary N) is 1. The standard InChI is InChI=1S/C13H10ClN3O2S/c14-7-1-2-9-10(5-7)20-12(11(9)15)13(18)16-6-8-3-4-19-17-8/h1-5H,6,15H2,(H,16,18). The molecule has 3 rings (SSSR count). The molecule has 0 saturated carbocycles. The maximum Gasteiger partial charge on any atom is 0.263 e. The molecule has 0 unspecified atom stereocenters. The van der Waals surface area contributed by atoms with Crippen LogP contribution < -0.4 is 11.1 Å². The minimum atomic E-state index is -0.233. The van der Waals surface area contributed by atoms with Crippen LogP contribution in [0.25, 0.3) is 10.1 Å². The van der Waals surface area contributed by atoms with E-state index in [4.69, 9.17) is 21.9 Å². The molecule has 0 aliphatic heterocycles. The van der Waals surface area contributed by atoms with Gasteiger partial charge in [-0.2, -0.15) is 0 Å². The molecule has 3 N–H and O–H groups in total. The number of thiophene rings is 1. The average molecular weight is 308 g/mol. The van der Waals surface area contributed by atoms with Gasteiger partial charge in [-0.25, -0.2) is 0 Å². The Morgan fingerprint density at radius 2 is 2.30 bits per heavy atom. The molecule has 0 bridgehead atoms. The van der Waals surface area contributed by atoms with Crippen molar-refractivity contribution in [3.63, 3.8) is 0 Å². The molecule has 2 heterocycles. The fourth-order valence-electron chi connectivity index (χ4n) is 1.84. The number of halogens is 1. The number of carbonyl (C=O) groups is 1. The van der Waals surface area contributed by atoms with Crippen LogP contribution in [0.4, 0.5) is 5.69 Å². The van der Waals surface area contributed by atoms with Crippen LogP contribution >= 0.6 is 22.9 Å². The van der Waals surface area contributed by atoms with E-state index in [2.05, 4.69) is 10.5 Å². The summed E-state index contributed by atoms with van der Waals surface area (Å²) in [6.45, 7) is 0.295. The average Bonchev–Trinajstić information content (AvgIpc) is 3.04. The fraction of sp³-hybridized carbons (Fsp3) is 0.0769. The molecule has 0 aliphatic rings. The van der Waals surface area contributed by atoms with Crippen molar-refractivity contribution in [1.82, 2.24) is 10.5 Å². The molecule has 0 radical (unpaired) electrons. The lowest BCUT2D eigenvalue weighted by Crippen LogP contribution is -2.22. The summed E-state index contributed by atoms with van der Waals surface area (Å²) >= 11 is 7.25. The Bertz CT molecular complexity index is 767. The number of rotatable bonds is 3. The van der Waals surface area contributed by atoms with Crippen molar-refractivity contribution in [3.8, 4) is 0 Å². The number of aromatic nitrogens is 1. The van der Waals surface area contributed by atoms with E-state index in [0.717, 1.165) is 10.1 Å². The third kappa shape index (κ3) is 2.35. The van der Waals surface area contributed by atoms with Crippen LogP contribution in [-0.4, -0.2) is 11.1 Å². The molecule has 3 aromatic rings. The number of hydrogen-bond acceptors (Lipinski definition) is 5. The van der Waals surface area contributed by atoms with Gasteiger partial charge in [0.1, 0.15) is 16.8 Å². The zero-order valence-electron chi connectivity index (χ0n) is 10.2. The maximum absolute atomic E-state index is 12.1. The van der Waals surface area contributed by atoms with Crippen LogP contribution in [0.1, 0.15) is 15.4 Å². The van der Waals surface area contributed by atoms with E-state index >= 15 is 0 Å². The largest absolute Gasteiger partial charge is 0.397 e. The summed E-state index contributed by atoms with van der Waals surface area (Å²) in [7, 11) is 0. The zero-order valence-corrected chi connectivity index (χ0v) is 11.8. The van der Waals surface area contributed by atoms with Crippen LogP contribution in [0.15, 0.2) is 35.1 Å². The van der Waals surface area contributed by atoms with Crippen molar-refractivity contribution in [2.24, 2.45) is 0 Å². The van der Waals surface area contributed by atoms with Gasteiger partial charge in [-0.1, -0.05) is 16.8 Å². The molecule has 1 amide bonds. The Labute approximate surface area is 123 Å². The quantitative estimate of drug-likeness (QED) is 0.779. The van der Waals surface area contributed by atoms with Crippen LogP contribution in [0, 0.1) is 0 Å². The Morgan fingerprint density at radius 3 is 3.05 bits per heavy atom. The number of benzene rings is 1. The number of fused-ring (bicyclic) bond motifs is 1. The van der Waals surface area contributed by atoms with Crippen molar-refractivity contribution in [3.05, 3.63) is 46.1 Å². The lowest BCUT2D eigenvalue weighted by molar-refractivity contribution is 0.0955. The van der Waals surface area contributed by atoms with Gasteiger partial charge in [0.25, 0.3) is 5.91 Å². The predicted octanol–water partition coefficient (Wildman–Crippen LogP) is 3.05. The number of carbonyl (C=O) groups excluding carboxylic acids is 1. The summed E-state index contributed by atoms with van der Waals surface area (Å²) in [4.78, 5) is 12.6. The van der Waals surface area contributed by atoms with Crippen molar-refractivity contribution in [1.29, 1.82) is 0 Å². The van der Waals surface area contributed by atoms with E-state index in [1.807, 2.05) is 6.07 Å². The summed E-state index contributed by atoms with van der Waals surface area (Å²) in [5, 5.41) is 7.94. The van der Waals surface area contributed by atoms with Crippen LogP contribution in [-0.2, 0) is 6.54 Å². The van der Waals surface area contributed by atoms with Crippen LogP contribution in [0.5, 0.6) is 0 Å². The van der Waals surface area contributed by atoms with Gasteiger partial charge < -0.3 is 15.6 Å². The van der Waals surface area contributed by atoms with E-state index < -0.39 is 0 Å². The van der Waals surface area contributed by atoms with Gasteiger partial charge in [-0.3, -0.25) is 4.79 Å². The molecular formula is C13H10ClN3O2S. The Morgan fingerprint density at radius 1 is 1.45 bits per heavy atom. The second-order valence-electron chi connectivity index (χ2n) is 4.16. The van der Waals surface area contributed by atoms with E-state index in [0.29, 0.717) is 27.8 Å². The Kier molecular flexibility index (Phi) is 3.33. The smallest absolute Gasteiger partial charge is 0.263 e. The zero-order chi connectivity index (χ0) is 14.1. The molecule has 102 valence electrons. The SMILES string of the molecule is Nc1c(C(=O)NCc2ccon2)sc2cc(Cl)ccc12. The highest BCUT2D eigenvalue weighted by molar-refractivity contribution is 7.21. The van der Waals surface area contributed by atoms with Crippen molar-refractivity contribution >= 4 is 44.6 Å². The van der Waals surface area contributed by atoms with Crippen molar-refractivity contribution < 1.29 is 9.32 Å². The maximum atomic E-state index is 12.1. The molecular weight excluding hydrogens is 298 g/mol. The minimum absolute atomic E-state index is 0.233. The van der Waals surface area contributed by atoms with Gasteiger partial charge in [-0.15, -0.1) is 11.3 Å². The van der Waals surface area contributed by atoms with Gasteiger partial charge in [0.15, 0.2) is 0 Å². The first-order chi connectivity index (χ1) is 9.65. The molecule has 0 saturated heterocycles. The molecule has 2 aromatic heterocycles. The summed E-state index contributed by atoms with van der Waals surface area (Å²) < 4.78 is 5.59. The highest BCUT2D eigenvalue weighted by Crippen LogP contribution is 2.35. The molecule has 0 atom stereocenters. The van der Waals surface area contributed by atoms with Gasteiger partial charge in [0.05, 0.1) is 12.2 Å². The van der Waals surface area contributed by atoms with Crippen LogP contribution in [0.2, 0.25) is 5.02 Å². The van der Waals surface area contributed by atoms with E-state index in [1.54, 1.807) is 18.2 Å². The molecule has 20 heavy (non-hydrogen) atoms. The molecule has 1 aromatic carbocycles. The fourth-order valence-corrected chi connectivity index (χ4v) is 3.15. The monoisotopic (exact) mass is 307 g/mol. The number of nitrogen functional groups attached to an aromatic ring is 1. The van der Waals surface area contributed by atoms with Gasteiger partial charge >= 0.3 is 0 Å². The lowest BCUT2D eigenvalue weighted by atomic mass is 10.2. The number of hydrogen-bond donors (Lipinski definition) is 2. The van der Waals surface area contributed by atoms with Gasteiger partial charge in [-0.05, 0) is 18.2 Å². The highest BCUT2D eigenvalue weighted by atomic mass is 35.5. The number of anilines is 1. The molecule has 5 nitrogen and oxygen atoms in total. The predicted molar refractivity (Wildman–Crippen MR) is 78.9 cm³/mol. The van der Waals surface area contributed by atoms with Crippen molar-refractivity contribution in [2.75, 3.05) is 5.73 Å². The van der Waals surface area contributed by atoms with E-state index in [9.17, 15) is 4.79 Å². The van der Waals surface area contributed by atoms with Gasteiger partial charge in [0, 0.05) is 21.2 Å². The summed E-state index contributed by atoms with van der Waals surface area (Å²) in [6, 6.07) is 7.06. The van der Waals surface area contributed by atoms with Crippen LogP contribution in [0.3, 0.4) is 0 Å². The number of nitrogens with two attached hydrogens (primary N) is 1. The van der Waals surface area contributed by atoms with E-state index in [1.165, 1.54) is 17.6 Å². The first kappa shape index (κ1) is 13.0. The van der Waals surface area contributed by atoms with Gasteiger partial charge in [0.2, 0.25) is 0 Å². The highest BCUT2D eigenvalue weighted by Gasteiger charge is 2.16. The third-order valence-corrected chi connectivity index (χ3v) is 4.22.